The van der Waals surface area contributed by atoms with E-state index in [9.17, 15) is 19.1 Å². The second kappa shape index (κ2) is 8.04. The number of aliphatic hydroxyl groups excluding tert-OH is 1. The van der Waals surface area contributed by atoms with Crippen molar-refractivity contribution in [2.45, 2.75) is 6.54 Å². The van der Waals surface area contributed by atoms with Gasteiger partial charge in [-0.15, -0.1) is 0 Å². The Morgan fingerprint density at radius 3 is 2.40 bits per heavy atom. The Bertz CT molecular complexity index is 1170. The van der Waals surface area contributed by atoms with Gasteiger partial charge in [0.15, 0.2) is 11.2 Å². The number of imidazole rings is 1. The topological polar surface area (TPSA) is 89.7 Å². The number of halogens is 1. The Kier molecular flexibility index (Phi) is 5.44. The summed E-state index contributed by atoms with van der Waals surface area (Å²) in [5.74, 6) is 0.298. The summed E-state index contributed by atoms with van der Waals surface area (Å²) >= 11 is 0. The fourth-order valence-electron chi connectivity index (χ4n) is 4.03. The zero-order valence-electron chi connectivity index (χ0n) is 17.1. The highest BCUT2D eigenvalue weighted by Crippen LogP contribution is 2.21. The lowest BCUT2D eigenvalue weighted by molar-refractivity contribution is -0.900. The molecule has 0 spiro atoms. The average Bonchev–Trinajstić information content (AvgIpc) is 3.12. The third-order valence-electron chi connectivity index (χ3n) is 5.80. The van der Waals surface area contributed by atoms with Gasteiger partial charge in [-0.25, -0.2) is 9.18 Å². The van der Waals surface area contributed by atoms with Crippen molar-refractivity contribution in [3.8, 4) is 0 Å². The summed E-state index contributed by atoms with van der Waals surface area (Å²) in [6.07, 6.45) is 0. The highest BCUT2D eigenvalue weighted by atomic mass is 19.1. The molecule has 1 aliphatic heterocycles. The molecule has 0 bridgehead atoms. The molecule has 30 heavy (non-hydrogen) atoms. The lowest BCUT2D eigenvalue weighted by Gasteiger charge is -2.32. The van der Waals surface area contributed by atoms with Crippen molar-refractivity contribution in [2.75, 3.05) is 44.2 Å². The molecule has 1 aliphatic rings. The van der Waals surface area contributed by atoms with Crippen molar-refractivity contribution in [2.24, 2.45) is 14.1 Å². The molecule has 9 nitrogen and oxygen atoms in total. The summed E-state index contributed by atoms with van der Waals surface area (Å²) in [5, 5.41) is 9.19. The molecule has 0 radical (unpaired) electrons. The van der Waals surface area contributed by atoms with E-state index in [0.29, 0.717) is 30.2 Å². The number of benzene rings is 1. The fourth-order valence-corrected chi connectivity index (χ4v) is 4.03. The summed E-state index contributed by atoms with van der Waals surface area (Å²) in [7, 11) is 3.06. The number of hydrogen-bond donors (Lipinski definition) is 2. The predicted octanol–water partition coefficient (Wildman–Crippen LogP) is -1.68. The molecule has 4 rings (SSSR count). The van der Waals surface area contributed by atoms with Gasteiger partial charge in [0.25, 0.3) is 5.56 Å². The molecular weight excluding hydrogens is 391 g/mol. The van der Waals surface area contributed by atoms with Crippen molar-refractivity contribution in [3.63, 3.8) is 0 Å². The van der Waals surface area contributed by atoms with E-state index < -0.39 is 11.2 Å². The number of nitrogens with zero attached hydrogens (tertiary/aromatic N) is 5. The van der Waals surface area contributed by atoms with Gasteiger partial charge in [-0.1, -0.05) is 12.1 Å². The van der Waals surface area contributed by atoms with E-state index in [-0.39, 0.29) is 12.4 Å². The van der Waals surface area contributed by atoms with Crippen molar-refractivity contribution in [3.05, 3.63) is 56.5 Å². The summed E-state index contributed by atoms with van der Waals surface area (Å²) in [4.78, 5) is 33.5. The molecule has 0 atom stereocenters. The van der Waals surface area contributed by atoms with E-state index in [0.717, 1.165) is 36.3 Å². The van der Waals surface area contributed by atoms with Gasteiger partial charge in [0.1, 0.15) is 12.4 Å². The van der Waals surface area contributed by atoms with E-state index in [1.807, 2.05) is 4.57 Å². The Morgan fingerprint density at radius 1 is 1.10 bits per heavy atom. The molecule has 0 unspecified atom stereocenters. The summed E-state index contributed by atoms with van der Waals surface area (Å²) < 4.78 is 17.6. The Balaban J connectivity index is 1.83. The molecule has 160 valence electrons. The SMILES string of the molecule is Cn1c(=O)c2c(nc(N3CC[NH+](CCO)CC3)n2Cc2ccc(F)cc2)n(C)c1=O. The number of rotatable bonds is 5. The maximum absolute atomic E-state index is 13.4. The first-order chi connectivity index (χ1) is 14.4. The van der Waals surface area contributed by atoms with Crippen LogP contribution in [-0.2, 0) is 20.6 Å². The van der Waals surface area contributed by atoms with Crippen LogP contribution in [-0.4, -0.2) is 63.1 Å². The minimum atomic E-state index is -0.428. The van der Waals surface area contributed by atoms with Crippen LogP contribution in [0.5, 0.6) is 0 Å². The zero-order valence-corrected chi connectivity index (χ0v) is 17.1. The largest absolute Gasteiger partial charge is 0.391 e. The van der Waals surface area contributed by atoms with Gasteiger partial charge < -0.3 is 14.9 Å². The number of quaternary nitrogens is 1. The van der Waals surface area contributed by atoms with E-state index in [2.05, 4.69) is 9.88 Å². The number of aliphatic hydroxyl groups is 1. The third-order valence-corrected chi connectivity index (χ3v) is 5.80. The molecule has 1 fully saturated rings. The first-order valence-electron chi connectivity index (χ1n) is 10.0. The maximum Gasteiger partial charge on any atom is 0.332 e. The molecule has 1 saturated heterocycles. The molecule has 0 amide bonds. The molecule has 2 aromatic heterocycles. The highest BCUT2D eigenvalue weighted by Gasteiger charge is 2.27. The van der Waals surface area contributed by atoms with Crippen molar-refractivity contribution in [1.82, 2.24) is 18.7 Å². The van der Waals surface area contributed by atoms with Crippen LogP contribution in [0.3, 0.4) is 0 Å². The molecule has 2 N–H and O–H groups in total. The number of fused-ring (bicyclic) bond motifs is 1. The highest BCUT2D eigenvalue weighted by molar-refractivity contribution is 5.74. The van der Waals surface area contributed by atoms with Gasteiger partial charge in [0.05, 0.1) is 39.3 Å². The first kappa shape index (κ1) is 20.3. The number of piperazine rings is 1. The minimum absolute atomic E-state index is 0.149. The van der Waals surface area contributed by atoms with Crippen LogP contribution in [0.15, 0.2) is 33.9 Å². The first-order valence-corrected chi connectivity index (χ1v) is 10.0. The smallest absolute Gasteiger partial charge is 0.332 e. The van der Waals surface area contributed by atoms with Gasteiger partial charge in [-0.3, -0.25) is 18.5 Å². The van der Waals surface area contributed by atoms with Crippen LogP contribution in [0, 0.1) is 5.82 Å². The van der Waals surface area contributed by atoms with Gasteiger partial charge in [0.2, 0.25) is 5.95 Å². The summed E-state index contributed by atoms with van der Waals surface area (Å²) in [6, 6.07) is 6.14. The van der Waals surface area contributed by atoms with Gasteiger partial charge in [-0.2, -0.15) is 4.98 Å². The number of aryl methyl sites for hydroxylation is 1. The Morgan fingerprint density at radius 2 is 1.77 bits per heavy atom. The van der Waals surface area contributed by atoms with E-state index in [4.69, 9.17) is 0 Å². The number of anilines is 1. The molecule has 0 saturated carbocycles. The van der Waals surface area contributed by atoms with Crippen LogP contribution in [0.4, 0.5) is 10.3 Å². The monoisotopic (exact) mass is 417 g/mol. The van der Waals surface area contributed by atoms with Gasteiger partial charge in [0, 0.05) is 14.1 Å². The zero-order chi connectivity index (χ0) is 21.4. The Hall–Kier alpha value is -2.98. The Labute approximate surface area is 172 Å². The van der Waals surface area contributed by atoms with E-state index in [1.54, 1.807) is 19.2 Å². The third kappa shape index (κ3) is 3.52. The molecule has 10 heteroatoms. The van der Waals surface area contributed by atoms with Gasteiger partial charge >= 0.3 is 5.69 Å². The minimum Gasteiger partial charge on any atom is -0.391 e. The van der Waals surface area contributed by atoms with E-state index >= 15 is 0 Å². The summed E-state index contributed by atoms with van der Waals surface area (Å²) in [6.45, 7) is 4.32. The second-order valence-electron chi connectivity index (χ2n) is 7.71. The average molecular weight is 417 g/mol. The summed E-state index contributed by atoms with van der Waals surface area (Å²) in [5.41, 5.74) is 0.688. The molecule has 3 heterocycles. The standard InChI is InChI=1S/C20H25FN6O3/c1-23-17-16(18(29)24(2)20(23)30)27(13-14-3-5-15(21)6-4-14)19(22-17)26-9-7-25(8-10-26)11-12-28/h3-6,28H,7-13H2,1-2H3/p+1. The van der Waals surface area contributed by atoms with Crippen molar-refractivity contribution < 1.29 is 14.4 Å². The van der Waals surface area contributed by atoms with Crippen LogP contribution in [0.25, 0.3) is 11.2 Å². The second-order valence-corrected chi connectivity index (χ2v) is 7.71. The lowest BCUT2D eigenvalue weighted by atomic mass is 10.2. The van der Waals surface area contributed by atoms with Crippen LogP contribution in [0.1, 0.15) is 5.56 Å². The van der Waals surface area contributed by atoms with Crippen LogP contribution in [0.2, 0.25) is 0 Å². The van der Waals surface area contributed by atoms with Crippen LogP contribution < -0.4 is 21.0 Å². The van der Waals surface area contributed by atoms with Crippen molar-refractivity contribution in [1.29, 1.82) is 0 Å². The lowest BCUT2D eigenvalue weighted by Crippen LogP contribution is -3.15. The van der Waals surface area contributed by atoms with Crippen molar-refractivity contribution >= 4 is 17.1 Å². The molecule has 1 aromatic carbocycles. The quantitative estimate of drug-likeness (QED) is 0.518. The molecular formula is C20H26FN6O3+. The fraction of sp³-hybridized carbons (Fsp3) is 0.450. The number of aromatic nitrogens is 4. The maximum atomic E-state index is 13.4. The number of hydrogen-bond acceptors (Lipinski definition) is 5. The normalized spacial score (nSPS) is 15.3. The molecule has 3 aromatic rings. The number of nitrogens with one attached hydrogen (secondary N) is 1. The predicted molar refractivity (Wildman–Crippen MR) is 111 cm³/mol. The van der Waals surface area contributed by atoms with E-state index in [1.165, 1.54) is 28.6 Å². The molecule has 0 aliphatic carbocycles. The van der Waals surface area contributed by atoms with Crippen LogP contribution >= 0.6 is 0 Å². The van der Waals surface area contributed by atoms with Gasteiger partial charge in [-0.05, 0) is 17.7 Å².